The molecule has 0 radical (unpaired) electrons. The first-order valence-corrected chi connectivity index (χ1v) is 15.9. The molecule has 6 bridgehead atoms. The summed E-state index contributed by atoms with van der Waals surface area (Å²) in [5, 5.41) is 6.97. The smallest absolute Gasteiger partial charge is 0.258 e. The Balaban J connectivity index is 1.19. The number of likely N-dealkylation sites (tertiary alicyclic amines) is 1. The van der Waals surface area contributed by atoms with Crippen LogP contribution >= 0.6 is 11.3 Å². The van der Waals surface area contributed by atoms with Crippen molar-refractivity contribution >= 4 is 39.3 Å². The second-order valence-electron chi connectivity index (χ2n) is 11.4. The molecule has 8 rings (SSSR count). The minimum atomic E-state index is -0.496. The Hall–Kier alpha value is -5.29. The zero-order valence-corrected chi connectivity index (χ0v) is 25.9. The molecule has 0 spiro atoms. The Labute approximate surface area is 269 Å². The molecule has 1 fully saturated rings. The van der Waals surface area contributed by atoms with Crippen LogP contribution in [0, 0.1) is 6.92 Å². The Morgan fingerprint density at radius 3 is 2.67 bits per heavy atom. The minimum Gasteiger partial charge on any atom is -0.488 e. The van der Waals surface area contributed by atoms with E-state index in [2.05, 4.69) is 20.6 Å². The molecule has 10 nitrogen and oxygen atoms in total. The highest BCUT2D eigenvalue weighted by molar-refractivity contribution is 7.18. The molecule has 3 aliphatic rings. The van der Waals surface area contributed by atoms with Crippen LogP contribution in [0.4, 0.5) is 0 Å². The Morgan fingerprint density at radius 2 is 1.80 bits per heavy atom. The average Bonchev–Trinajstić information content (AvgIpc) is 3.46. The van der Waals surface area contributed by atoms with Crippen molar-refractivity contribution in [3.63, 3.8) is 0 Å². The van der Waals surface area contributed by atoms with Crippen molar-refractivity contribution < 1.29 is 23.9 Å². The number of amides is 3. The molecular formula is C35H31N5O5S. The van der Waals surface area contributed by atoms with Crippen molar-refractivity contribution in [2.24, 2.45) is 0 Å². The van der Waals surface area contributed by atoms with Crippen LogP contribution in [-0.2, 0) is 11.3 Å². The first-order chi connectivity index (χ1) is 22.4. The molecule has 3 aliphatic heterocycles. The lowest BCUT2D eigenvalue weighted by Crippen LogP contribution is -2.58. The number of nitrogens with zero attached hydrogens (tertiary/aromatic N) is 3. The van der Waals surface area contributed by atoms with Gasteiger partial charge in [0, 0.05) is 49.6 Å². The van der Waals surface area contributed by atoms with Gasteiger partial charge in [-0.05, 0) is 66.6 Å². The van der Waals surface area contributed by atoms with Crippen LogP contribution in [-0.4, -0.2) is 64.4 Å². The molecular weight excluding hydrogens is 602 g/mol. The van der Waals surface area contributed by atoms with Crippen LogP contribution in [0.25, 0.3) is 21.3 Å². The largest absolute Gasteiger partial charge is 0.488 e. The Kier molecular flexibility index (Phi) is 8.06. The third-order valence-electron chi connectivity index (χ3n) is 8.13. The zero-order chi connectivity index (χ0) is 31.6. The number of aryl methyl sites for hydroxylation is 1. The molecule has 1 saturated heterocycles. The normalized spacial score (nSPS) is 18.5. The molecule has 0 unspecified atom stereocenters. The molecule has 5 heterocycles. The topological polar surface area (TPSA) is 123 Å². The number of benzene rings is 3. The molecule has 2 aromatic heterocycles. The van der Waals surface area contributed by atoms with Crippen molar-refractivity contribution in [1.82, 2.24) is 25.5 Å². The number of rotatable bonds is 1. The number of aromatic nitrogens is 2. The van der Waals surface area contributed by atoms with Gasteiger partial charge >= 0.3 is 0 Å². The summed E-state index contributed by atoms with van der Waals surface area (Å²) in [5.74, 6) is 0.483. The summed E-state index contributed by atoms with van der Waals surface area (Å²) in [5.41, 5.74) is 4.24. The third kappa shape index (κ3) is 6.40. The summed E-state index contributed by atoms with van der Waals surface area (Å²) in [6.45, 7) is 2.89. The molecule has 11 heteroatoms. The number of thiazole rings is 1. The second kappa shape index (κ2) is 12.6. The lowest BCUT2D eigenvalue weighted by Gasteiger charge is -2.39. The third-order valence-corrected chi connectivity index (χ3v) is 9.07. The first kappa shape index (κ1) is 29.4. The molecule has 232 valence electrons. The summed E-state index contributed by atoms with van der Waals surface area (Å²) < 4.78 is 13.1. The summed E-state index contributed by atoms with van der Waals surface area (Å²) in [7, 11) is 0. The van der Waals surface area contributed by atoms with Crippen LogP contribution in [0.3, 0.4) is 0 Å². The molecule has 0 aliphatic carbocycles. The number of fused-ring (bicyclic) bond motifs is 8. The molecule has 3 amide bonds. The second-order valence-corrected chi connectivity index (χ2v) is 12.6. The van der Waals surface area contributed by atoms with Crippen LogP contribution in [0.2, 0.25) is 0 Å². The van der Waals surface area contributed by atoms with Crippen LogP contribution in [0.15, 0.2) is 85.2 Å². The van der Waals surface area contributed by atoms with E-state index in [0.29, 0.717) is 42.1 Å². The number of piperidine rings is 1. The van der Waals surface area contributed by atoms with Crippen molar-refractivity contribution in [1.29, 1.82) is 0 Å². The monoisotopic (exact) mass is 633 g/mol. The van der Waals surface area contributed by atoms with E-state index in [-0.39, 0.29) is 37.0 Å². The van der Waals surface area contributed by atoms with Gasteiger partial charge in [-0.15, -0.1) is 11.3 Å². The maximum absolute atomic E-state index is 13.7. The van der Waals surface area contributed by atoms with E-state index >= 15 is 0 Å². The SMILES string of the molecule is Cc1nc2ccc(C(=O)N3CC[C@@H]4Oc5ccc(cc5)CNC(=O)COc5cccc(c5)-c5cncc(c5)C(=O)N[C@@H]4C3)cc2s1. The maximum Gasteiger partial charge on any atom is 0.258 e. The van der Waals surface area contributed by atoms with Gasteiger partial charge in [-0.2, -0.15) is 0 Å². The number of carbonyl (C=O) groups is 3. The lowest BCUT2D eigenvalue weighted by molar-refractivity contribution is -0.123. The maximum atomic E-state index is 13.7. The predicted molar refractivity (Wildman–Crippen MR) is 174 cm³/mol. The standard InChI is InChI=1S/C35H31N5O5S/c1-21-38-29-10-7-24(15-32(29)46-21)35(43)40-12-11-31-30(19-40)39-34(42)26-13-25(17-36-18-26)23-3-2-4-28(14-23)44-20-33(41)37-16-22-5-8-27(45-31)9-6-22/h2-10,13-15,17-18,30-31H,11-12,16,19-20H2,1H3,(H,37,41)(H,39,42)/t30-,31+/m1/s1. The fraction of sp³-hybridized carbons (Fsp3) is 0.229. The molecule has 46 heavy (non-hydrogen) atoms. The predicted octanol–water partition coefficient (Wildman–Crippen LogP) is 4.77. The Morgan fingerprint density at radius 1 is 0.957 bits per heavy atom. The van der Waals surface area contributed by atoms with E-state index in [1.54, 1.807) is 40.6 Å². The number of nitrogens with one attached hydrogen (secondary N) is 2. The fourth-order valence-corrected chi connectivity index (χ4v) is 6.62. The first-order valence-electron chi connectivity index (χ1n) is 15.1. The summed E-state index contributed by atoms with van der Waals surface area (Å²) >= 11 is 1.56. The van der Waals surface area contributed by atoms with Crippen LogP contribution in [0.1, 0.15) is 37.7 Å². The van der Waals surface area contributed by atoms with Crippen molar-refractivity contribution in [2.75, 3.05) is 19.7 Å². The summed E-state index contributed by atoms with van der Waals surface area (Å²) in [6.07, 6.45) is 3.32. The molecule has 2 atom stereocenters. The average molecular weight is 634 g/mol. The van der Waals surface area contributed by atoms with Gasteiger partial charge in [0.05, 0.1) is 26.8 Å². The minimum absolute atomic E-state index is 0.107. The van der Waals surface area contributed by atoms with E-state index in [0.717, 1.165) is 31.9 Å². The fourth-order valence-electron chi connectivity index (χ4n) is 5.75. The quantitative estimate of drug-likeness (QED) is 0.273. The molecule has 0 saturated carbocycles. The van der Waals surface area contributed by atoms with E-state index < -0.39 is 6.04 Å². The molecule has 5 aromatic rings. The number of hydrogen-bond donors (Lipinski definition) is 2. The number of hydrogen-bond acceptors (Lipinski definition) is 8. The van der Waals surface area contributed by atoms with Gasteiger partial charge in [-0.3, -0.25) is 19.4 Å². The van der Waals surface area contributed by atoms with E-state index in [1.165, 1.54) is 6.20 Å². The van der Waals surface area contributed by atoms with Gasteiger partial charge in [-0.1, -0.05) is 24.3 Å². The van der Waals surface area contributed by atoms with Crippen molar-refractivity contribution in [3.05, 3.63) is 107 Å². The number of carbonyl (C=O) groups excluding carboxylic acids is 3. The van der Waals surface area contributed by atoms with E-state index in [4.69, 9.17) is 9.47 Å². The summed E-state index contributed by atoms with van der Waals surface area (Å²) in [6, 6.07) is 21.6. The van der Waals surface area contributed by atoms with Crippen molar-refractivity contribution in [2.45, 2.75) is 32.0 Å². The lowest BCUT2D eigenvalue weighted by atomic mass is 9.99. The number of ether oxygens (including phenoxy) is 2. The highest BCUT2D eigenvalue weighted by Gasteiger charge is 2.35. The van der Waals surface area contributed by atoms with Gasteiger partial charge in [0.25, 0.3) is 17.7 Å². The van der Waals surface area contributed by atoms with Crippen molar-refractivity contribution in [3.8, 4) is 22.6 Å². The van der Waals surface area contributed by atoms with Gasteiger partial charge in [0.2, 0.25) is 0 Å². The zero-order valence-electron chi connectivity index (χ0n) is 25.1. The van der Waals surface area contributed by atoms with Gasteiger partial charge < -0.3 is 25.0 Å². The van der Waals surface area contributed by atoms with E-state index in [9.17, 15) is 14.4 Å². The molecule has 2 N–H and O–H groups in total. The number of pyridine rings is 1. The van der Waals surface area contributed by atoms with Gasteiger partial charge in [-0.25, -0.2) is 4.98 Å². The summed E-state index contributed by atoms with van der Waals surface area (Å²) in [4.78, 5) is 50.5. The van der Waals surface area contributed by atoms with Crippen LogP contribution < -0.4 is 20.1 Å². The molecule has 3 aromatic carbocycles. The van der Waals surface area contributed by atoms with E-state index in [1.807, 2.05) is 61.5 Å². The van der Waals surface area contributed by atoms with Gasteiger partial charge in [0.1, 0.15) is 17.6 Å². The van der Waals surface area contributed by atoms with Crippen LogP contribution in [0.5, 0.6) is 11.5 Å². The highest BCUT2D eigenvalue weighted by Crippen LogP contribution is 2.27. The Bertz CT molecular complexity index is 1940. The van der Waals surface area contributed by atoms with Gasteiger partial charge in [0.15, 0.2) is 6.61 Å². The highest BCUT2D eigenvalue weighted by atomic mass is 32.1.